The van der Waals surface area contributed by atoms with Crippen LogP contribution in [0.15, 0.2) is 5.51 Å². The van der Waals surface area contributed by atoms with E-state index in [-0.39, 0.29) is 5.92 Å². The first-order chi connectivity index (χ1) is 5.66. The molecule has 0 fully saturated rings. The highest BCUT2D eigenvalue weighted by atomic mass is 35.5. The first-order valence-electron chi connectivity index (χ1n) is 3.63. The highest BCUT2D eigenvalue weighted by Crippen LogP contribution is 2.30. The Kier molecular flexibility index (Phi) is 3.46. The molecule has 0 aromatic carbocycles. The Bertz CT molecular complexity index is 253. The topological polar surface area (TPSA) is 59.1 Å². The van der Waals surface area contributed by atoms with Crippen LogP contribution >= 0.6 is 22.9 Å². The summed E-state index contributed by atoms with van der Waals surface area (Å²) < 4.78 is 0. The maximum absolute atomic E-state index is 9.66. The molecule has 2 atom stereocenters. The molecule has 3 N–H and O–H groups in total. The van der Waals surface area contributed by atoms with Crippen LogP contribution in [0.25, 0.3) is 0 Å². The molecule has 0 bridgehead atoms. The molecule has 0 amide bonds. The molecule has 68 valence electrons. The van der Waals surface area contributed by atoms with Crippen LogP contribution in [0.1, 0.15) is 17.9 Å². The smallest absolute Gasteiger partial charge is 0.145 e. The molecule has 0 saturated heterocycles. The van der Waals surface area contributed by atoms with E-state index in [9.17, 15) is 5.11 Å². The number of aliphatic hydroxyl groups excluding tert-OH is 1. The van der Waals surface area contributed by atoms with Crippen molar-refractivity contribution in [3.05, 3.63) is 15.5 Å². The van der Waals surface area contributed by atoms with E-state index in [4.69, 9.17) is 17.3 Å². The molecule has 0 aliphatic heterocycles. The van der Waals surface area contributed by atoms with Gasteiger partial charge in [0.25, 0.3) is 0 Å². The van der Waals surface area contributed by atoms with Crippen LogP contribution in [0.4, 0.5) is 0 Å². The first kappa shape index (κ1) is 9.92. The van der Waals surface area contributed by atoms with Crippen molar-refractivity contribution >= 4 is 22.9 Å². The number of rotatable bonds is 3. The van der Waals surface area contributed by atoms with Crippen molar-refractivity contribution in [1.82, 2.24) is 4.98 Å². The Morgan fingerprint density at radius 1 is 1.83 bits per heavy atom. The number of halogens is 1. The minimum Gasteiger partial charge on any atom is -0.387 e. The zero-order valence-electron chi connectivity index (χ0n) is 6.70. The van der Waals surface area contributed by atoms with Crippen molar-refractivity contribution in [3.63, 3.8) is 0 Å². The standard InChI is InChI=1S/C7H11ClN2OS/c1-4(2-9)5(11)6-7(8)10-3-12-6/h3-5,11H,2,9H2,1H3. The maximum atomic E-state index is 9.66. The number of nitrogens with two attached hydrogens (primary N) is 1. The van der Waals surface area contributed by atoms with Gasteiger partial charge in [-0.05, 0) is 12.5 Å². The molecule has 1 aromatic heterocycles. The van der Waals surface area contributed by atoms with Gasteiger partial charge in [0.05, 0.1) is 16.5 Å². The number of thiazole rings is 1. The summed E-state index contributed by atoms with van der Waals surface area (Å²) in [6.45, 7) is 2.32. The third-order valence-electron chi connectivity index (χ3n) is 1.73. The minimum atomic E-state index is -0.588. The fourth-order valence-electron chi connectivity index (χ4n) is 0.821. The minimum absolute atomic E-state index is 0.0166. The largest absolute Gasteiger partial charge is 0.387 e. The van der Waals surface area contributed by atoms with Crippen LogP contribution in [0, 0.1) is 5.92 Å². The van der Waals surface area contributed by atoms with Gasteiger partial charge in [-0.25, -0.2) is 4.98 Å². The van der Waals surface area contributed by atoms with E-state index in [1.807, 2.05) is 6.92 Å². The van der Waals surface area contributed by atoms with Crippen molar-refractivity contribution in [2.45, 2.75) is 13.0 Å². The lowest BCUT2D eigenvalue weighted by Crippen LogP contribution is -2.18. The van der Waals surface area contributed by atoms with Gasteiger partial charge in [0.1, 0.15) is 5.15 Å². The van der Waals surface area contributed by atoms with Crippen LogP contribution in [-0.2, 0) is 0 Å². The molecule has 0 spiro atoms. The van der Waals surface area contributed by atoms with Gasteiger partial charge >= 0.3 is 0 Å². The quantitative estimate of drug-likeness (QED) is 0.787. The number of hydrogen-bond acceptors (Lipinski definition) is 4. The van der Waals surface area contributed by atoms with Crippen LogP contribution in [0.3, 0.4) is 0 Å². The van der Waals surface area contributed by atoms with Crippen LogP contribution in [-0.4, -0.2) is 16.6 Å². The molecule has 0 aliphatic carbocycles. The average molecular weight is 207 g/mol. The predicted molar refractivity (Wildman–Crippen MR) is 50.3 cm³/mol. The predicted octanol–water partition coefficient (Wildman–Crippen LogP) is 1.42. The third kappa shape index (κ3) is 1.95. The molecule has 1 heterocycles. The monoisotopic (exact) mass is 206 g/mol. The Labute approximate surface area is 80.2 Å². The van der Waals surface area contributed by atoms with E-state index >= 15 is 0 Å². The molecular weight excluding hydrogens is 196 g/mol. The molecule has 5 heteroatoms. The zero-order chi connectivity index (χ0) is 9.14. The van der Waals surface area contributed by atoms with Gasteiger partial charge in [-0.2, -0.15) is 0 Å². The lowest BCUT2D eigenvalue weighted by Gasteiger charge is -2.14. The van der Waals surface area contributed by atoms with Gasteiger partial charge in [-0.1, -0.05) is 18.5 Å². The van der Waals surface area contributed by atoms with E-state index in [0.717, 1.165) is 0 Å². The molecule has 1 aromatic rings. The number of aliphatic hydroxyl groups is 1. The third-order valence-corrected chi connectivity index (χ3v) is 3.04. The maximum Gasteiger partial charge on any atom is 0.145 e. The van der Waals surface area contributed by atoms with E-state index in [1.54, 1.807) is 5.51 Å². The molecular formula is C7H11ClN2OS. The van der Waals surface area contributed by atoms with Crippen LogP contribution in [0.5, 0.6) is 0 Å². The van der Waals surface area contributed by atoms with Gasteiger partial charge < -0.3 is 10.8 Å². The molecule has 0 radical (unpaired) electrons. The molecule has 3 nitrogen and oxygen atoms in total. The highest BCUT2D eigenvalue weighted by molar-refractivity contribution is 7.10. The van der Waals surface area contributed by atoms with Gasteiger partial charge in [0, 0.05) is 0 Å². The number of aromatic nitrogens is 1. The molecule has 2 unspecified atom stereocenters. The normalized spacial score (nSPS) is 16.0. The fraction of sp³-hybridized carbons (Fsp3) is 0.571. The first-order valence-corrected chi connectivity index (χ1v) is 4.89. The highest BCUT2D eigenvalue weighted by Gasteiger charge is 2.19. The Hall–Kier alpha value is -0.160. The number of nitrogens with zero attached hydrogens (tertiary/aromatic N) is 1. The van der Waals surface area contributed by atoms with Gasteiger partial charge in [0.2, 0.25) is 0 Å². The van der Waals surface area contributed by atoms with Crippen molar-refractivity contribution in [1.29, 1.82) is 0 Å². The van der Waals surface area contributed by atoms with Crippen molar-refractivity contribution in [2.24, 2.45) is 11.7 Å². The second-order valence-corrected chi connectivity index (χ2v) is 3.91. The van der Waals surface area contributed by atoms with Gasteiger partial charge in [-0.15, -0.1) is 11.3 Å². The Morgan fingerprint density at radius 2 is 2.50 bits per heavy atom. The van der Waals surface area contributed by atoms with Gasteiger partial charge in [-0.3, -0.25) is 0 Å². The van der Waals surface area contributed by atoms with E-state index in [1.165, 1.54) is 11.3 Å². The van der Waals surface area contributed by atoms with Crippen LogP contribution in [0.2, 0.25) is 5.15 Å². The average Bonchev–Trinajstić information content (AvgIpc) is 2.48. The van der Waals surface area contributed by atoms with Crippen molar-refractivity contribution < 1.29 is 5.11 Å². The summed E-state index contributed by atoms with van der Waals surface area (Å²) in [4.78, 5) is 4.54. The van der Waals surface area contributed by atoms with E-state index in [2.05, 4.69) is 4.98 Å². The summed E-state index contributed by atoms with van der Waals surface area (Å²) in [5, 5.41) is 10.0. The summed E-state index contributed by atoms with van der Waals surface area (Å²) in [7, 11) is 0. The molecule has 12 heavy (non-hydrogen) atoms. The van der Waals surface area contributed by atoms with Crippen molar-refractivity contribution in [3.8, 4) is 0 Å². The summed E-state index contributed by atoms with van der Waals surface area (Å²) in [5.41, 5.74) is 7.03. The van der Waals surface area contributed by atoms with E-state index in [0.29, 0.717) is 16.6 Å². The fourth-order valence-corrected chi connectivity index (χ4v) is 1.97. The second-order valence-electron chi connectivity index (χ2n) is 2.67. The summed E-state index contributed by atoms with van der Waals surface area (Å²) in [6.07, 6.45) is -0.588. The summed E-state index contributed by atoms with van der Waals surface area (Å²) in [5.74, 6) is 0.0166. The lowest BCUT2D eigenvalue weighted by atomic mass is 10.0. The summed E-state index contributed by atoms with van der Waals surface area (Å²) in [6, 6.07) is 0. The molecule has 1 rings (SSSR count). The zero-order valence-corrected chi connectivity index (χ0v) is 8.27. The Morgan fingerprint density at radius 3 is 2.92 bits per heavy atom. The lowest BCUT2D eigenvalue weighted by molar-refractivity contribution is 0.125. The molecule has 0 aliphatic rings. The summed E-state index contributed by atoms with van der Waals surface area (Å²) >= 11 is 7.09. The SMILES string of the molecule is CC(CN)C(O)c1scnc1Cl. The molecule has 0 saturated carbocycles. The number of hydrogen-bond donors (Lipinski definition) is 2. The second kappa shape index (κ2) is 4.18. The van der Waals surface area contributed by atoms with E-state index < -0.39 is 6.10 Å². The van der Waals surface area contributed by atoms with Gasteiger partial charge in [0.15, 0.2) is 0 Å². The van der Waals surface area contributed by atoms with Crippen molar-refractivity contribution in [2.75, 3.05) is 6.54 Å². The van der Waals surface area contributed by atoms with Crippen LogP contribution < -0.4 is 5.73 Å². The Balaban J connectivity index is 2.77.